The first-order valence-corrected chi connectivity index (χ1v) is 9.28. The third kappa shape index (κ3) is 5.30. The topological polar surface area (TPSA) is 97.7 Å². The summed E-state index contributed by atoms with van der Waals surface area (Å²) in [4.78, 5) is 22.3. The Bertz CT molecular complexity index is 1060. The fourth-order valence-corrected chi connectivity index (χ4v) is 2.94. The van der Waals surface area contributed by atoms with Gasteiger partial charge in [-0.15, -0.1) is 0 Å². The highest BCUT2D eigenvalue weighted by atomic mass is 35.5. The molecule has 0 saturated heterocycles. The second kappa shape index (κ2) is 9.16. The number of hydrogen-bond donors (Lipinski definition) is 1. The Labute approximate surface area is 172 Å². The van der Waals surface area contributed by atoms with Crippen molar-refractivity contribution in [1.29, 1.82) is 0 Å². The van der Waals surface area contributed by atoms with E-state index in [1.165, 1.54) is 30.0 Å². The van der Waals surface area contributed by atoms with Gasteiger partial charge in [-0.3, -0.25) is 14.9 Å². The van der Waals surface area contributed by atoms with Gasteiger partial charge in [0.15, 0.2) is 0 Å². The van der Waals surface area contributed by atoms with Gasteiger partial charge in [0.1, 0.15) is 11.5 Å². The lowest BCUT2D eigenvalue weighted by Crippen LogP contribution is -2.19. The summed E-state index contributed by atoms with van der Waals surface area (Å²) in [6.45, 7) is 2.08. The molecule has 1 aromatic heterocycles. The van der Waals surface area contributed by atoms with Crippen molar-refractivity contribution in [3.8, 4) is 11.3 Å². The molecular weight excluding hydrogens is 394 g/mol. The summed E-state index contributed by atoms with van der Waals surface area (Å²) in [5.74, 6) is 0.603. The molecule has 1 N–H and O–H groups in total. The van der Waals surface area contributed by atoms with Crippen LogP contribution in [0, 0.1) is 10.1 Å². The van der Waals surface area contributed by atoms with Crippen LogP contribution in [-0.4, -0.2) is 17.0 Å². The Morgan fingerprint density at radius 2 is 1.90 bits per heavy atom. The van der Waals surface area contributed by atoms with Crippen molar-refractivity contribution < 1.29 is 14.1 Å². The van der Waals surface area contributed by atoms with Crippen LogP contribution in [-0.2, 0) is 17.6 Å². The summed E-state index contributed by atoms with van der Waals surface area (Å²) in [7, 11) is 0. The van der Waals surface area contributed by atoms with Crippen LogP contribution in [0.3, 0.4) is 0 Å². The maximum atomic E-state index is 12.0. The number of nitrogens with zero attached hydrogens (tertiary/aromatic N) is 2. The van der Waals surface area contributed by atoms with Gasteiger partial charge >= 0.3 is 0 Å². The van der Waals surface area contributed by atoms with E-state index in [1.807, 2.05) is 24.3 Å². The third-order valence-corrected chi connectivity index (χ3v) is 4.55. The van der Waals surface area contributed by atoms with E-state index >= 15 is 0 Å². The largest absolute Gasteiger partial charge is 0.455 e. The Morgan fingerprint density at radius 3 is 2.55 bits per heavy atom. The normalized spacial score (nSPS) is 11.0. The van der Waals surface area contributed by atoms with Gasteiger partial charge in [-0.2, -0.15) is 5.10 Å². The smallest absolute Gasteiger partial charge is 0.270 e. The lowest BCUT2D eigenvalue weighted by molar-refractivity contribution is -0.384. The highest BCUT2D eigenvalue weighted by molar-refractivity contribution is 6.33. The molecule has 29 heavy (non-hydrogen) atoms. The average Bonchev–Trinajstić information content (AvgIpc) is 3.17. The molecule has 0 saturated carbocycles. The van der Waals surface area contributed by atoms with Crippen molar-refractivity contribution in [1.82, 2.24) is 5.43 Å². The Kier molecular flexibility index (Phi) is 6.41. The Hall–Kier alpha value is -3.45. The molecule has 0 bridgehead atoms. The maximum absolute atomic E-state index is 12.0. The number of furan rings is 1. The predicted octanol–water partition coefficient (Wildman–Crippen LogP) is 4.76. The number of rotatable bonds is 7. The monoisotopic (exact) mass is 411 g/mol. The van der Waals surface area contributed by atoms with E-state index in [1.54, 1.807) is 12.1 Å². The van der Waals surface area contributed by atoms with Gasteiger partial charge < -0.3 is 4.42 Å². The summed E-state index contributed by atoms with van der Waals surface area (Å²) >= 11 is 6.10. The van der Waals surface area contributed by atoms with E-state index in [4.69, 9.17) is 16.0 Å². The summed E-state index contributed by atoms with van der Waals surface area (Å²) in [5.41, 5.74) is 5.01. The van der Waals surface area contributed by atoms with Gasteiger partial charge in [0.2, 0.25) is 5.91 Å². The molecule has 0 spiro atoms. The molecule has 0 fully saturated rings. The molecule has 2 aromatic carbocycles. The molecule has 3 aromatic rings. The second-order valence-corrected chi connectivity index (χ2v) is 6.67. The molecule has 1 amide bonds. The molecular formula is C21H18ClN3O4. The van der Waals surface area contributed by atoms with Crippen molar-refractivity contribution in [3.05, 3.63) is 86.6 Å². The summed E-state index contributed by atoms with van der Waals surface area (Å²) in [6, 6.07) is 15.3. The lowest BCUT2D eigenvalue weighted by Gasteiger charge is -2.02. The Morgan fingerprint density at radius 1 is 1.17 bits per heavy atom. The van der Waals surface area contributed by atoms with Crippen LogP contribution < -0.4 is 5.43 Å². The van der Waals surface area contributed by atoms with Crippen LogP contribution in [0.25, 0.3) is 11.3 Å². The van der Waals surface area contributed by atoms with E-state index in [-0.39, 0.29) is 23.0 Å². The molecule has 1 heterocycles. The average molecular weight is 412 g/mol. The zero-order chi connectivity index (χ0) is 20.8. The number of benzene rings is 2. The van der Waals surface area contributed by atoms with E-state index < -0.39 is 4.92 Å². The number of amides is 1. The summed E-state index contributed by atoms with van der Waals surface area (Å²) in [6.07, 6.45) is 2.55. The Balaban J connectivity index is 1.60. The minimum absolute atomic E-state index is 0.0980. The molecule has 8 heteroatoms. The number of nitrogens with one attached hydrogen (secondary N) is 1. The number of halogens is 1. The number of nitro benzene ring substituents is 1. The zero-order valence-electron chi connectivity index (χ0n) is 15.6. The number of carbonyl (C=O) groups excluding carboxylic acids is 1. The van der Waals surface area contributed by atoms with Gasteiger partial charge in [-0.25, -0.2) is 5.43 Å². The number of carbonyl (C=O) groups is 1. The van der Waals surface area contributed by atoms with E-state index in [0.717, 1.165) is 12.0 Å². The van der Waals surface area contributed by atoms with Crippen molar-refractivity contribution in [3.63, 3.8) is 0 Å². The fraction of sp³-hybridized carbons (Fsp3) is 0.143. The summed E-state index contributed by atoms with van der Waals surface area (Å²) in [5, 5.41) is 14.9. The van der Waals surface area contributed by atoms with Gasteiger partial charge in [-0.1, -0.05) is 42.8 Å². The molecule has 148 valence electrons. The van der Waals surface area contributed by atoms with Crippen LogP contribution in [0.1, 0.15) is 23.8 Å². The first-order valence-electron chi connectivity index (χ1n) is 8.90. The molecule has 3 rings (SSSR count). The number of hydrogen-bond acceptors (Lipinski definition) is 5. The highest BCUT2D eigenvalue weighted by Gasteiger charge is 2.13. The molecule has 0 unspecified atom stereocenters. The van der Waals surface area contributed by atoms with Crippen molar-refractivity contribution in [2.45, 2.75) is 19.8 Å². The van der Waals surface area contributed by atoms with Gasteiger partial charge in [0.25, 0.3) is 5.69 Å². The maximum Gasteiger partial charge on any atom is 0.270 e. The number of hydrazone groups is 1. The van der Waals surface area contributed by atoms with Crippen LogP contribution in [0.5, 0.6) is 0 Å². The molecule has 0 radical (unpaired) electrons. The minimum Gasteiger partial charge on any atom is -0.455 e. The number of aryl methyl sites for hydroxylation is 1. The number of nitro groups is 1. The SMILES string of the molecule is CCc1ccc(CC(=O)N/N=C\c2ccc(-c3ccc([N+](=O)[O-])cc3Cl)o2)cc1. The van der Waals surface area contributed by atoms with Crippen LogP contribution in [0.15, 0.2) is 64.1 Å². The van der Waals surface area contributed by atoms with Crippen molar-refractivity contribution in [2.75, 3.05) is 0 Å². The van der Waals surface area contributed by atoms with Gasteiger partial charge in [0.05, 0.1) is 22.6 Å². The zero-order valence-corrected chi connectivity index (χ0v) is 16.3. The second-order valence-electron chi connectivity index (χ2n) is 6.26. The van der Waals surface area contributed by atoms with Crippen LogP contribution in [0.4, 0.5) is 5.69 Å². The van der Waals surface area contributed by atoms with Crippen molar-refractivity contribution >= 4 is 29.4 Å². The molecule has 0 aliphatic carbocycles. The molecule has 0 atom stereocenters. The third-order valence-electron chi connectivity index (χ3n) is 4.23. The predicted molar refractivity (Wildman–Crippen MR) is 111 cm³/mol. The fourth-order valence-electron chi connectivity index (χ4n) is 2.67. The van der Waals surface area contributed by atoms with Crippen molar-refractivity contribution in [2.24, 2.45) is 5.10 Å². The van der Waals surface area contributed by atoms with Gasteiger partial charge in [-0.05, 0) is 35.7 Å². The lowest BCUT2D eigenvalue weighted by atomic mass is 10.1. The van der Waals surface area contributed by atoms with Crippen LogP contribution in [0.2, 0.25) is 5.02 Å². The highest BCUT2D eigenvalue weighted by Crippen LogP contribution is 2.32. The van der Waals surface area contributed by atoms with E-state index in [0.29, 0.717) is 17.1 Å². The first-order chi connectivity index (χ1) is 14.0. The molecule has 7 nitrogen and oxygen atoms in total. The molecule has 0 aliphatic heterocycles. The first kappa shape index (κ1) is 20.3. The molecule has 0 aliphatic rings. The van der Waals surface area contributed by atoms with E-state index in [2.05, 4.69) is 17.5 Å². The van der Waals surface area contributed by atoms with E-state index in [9.17, 15) is 14.9 Å². The minimum atomic E-state index is -0.517. The summed E-state index contributed by atoms with van der Waals surface area (Å²) < 4.78 is 5.62. The van der Waals surface area contributed by atoms with Gasteiger partial charge in [0, 0.05) is 17.7 Å². The number of non-ortho nitro benzene ring substituents is 1. The standard InChI is InChI=1S/C21H18ClN3O4/c1-2-14-3-5-15(6-4-14)11-21(26)24-23-13-17-8-10-20(29-17)18-9-7-16(25(27)28)12-19(18)22/h3-10,12-13H,2,11H2,1H3,(H,24,26)/b23-13-. The quantitative estimate of drug-likeness (QED) is 0.344. The van der Waals surface area contributed by atoms with Crippen LogP contribution >= 0.6 is 11.6 Å².